The molecule has 1 heterocycles. The molecule has 0 fully saturated rings. The number of nitrogens with zero attached hydrogens (tertiary/aromatic N) is 1. The van der Waals surface area contributed by atoms with Crippen LogP contribution in [0, 0.1) is 6.92 Å². The zero-order valence-electron chi connectivity index (χ0n) is 15.1. The lowest BCUT2D eigenvalue weighted by Crippen LogP contribution is -2.33. The normalized spacial score (nSPS) is 10.0. The van der Waals surface area contributed by atoms with Gasteiger partial charge in [0.1, 0.15) is 5.82 Å². The number of ether oxygens (including phenoxy) is 3. The third-order valence-electron chi connectivity index (χ3n) is 3.52. The summed E-state index contributed by atoms with van der Waals surface area (Å²) in [6.07, 6.45) is 1.64. The van der Waals surface area contributed by atoms with E-state index in [-0.39, 0.29) is 18.0 Å². The minimum atomic E-state index is -0.448. The molecule has 2 aromatic rings. The lowest BCUT2D eigenvalue weighted by Gasteiger charge is -2.14. The van der Waals surface area contributed by atoms with Gasteiger partial charge in [-0.2, -0.15) is 0 Å². The topological polar surface area (TPSA) is 98.8 Å². The molecular formula is C18H21N3O5. The molecule has 1 aromatic heterocycles. The highest BCUT2D eigenvalue weighted by atomic mass is 16.5. The Morgan fingerprint density at radius 2 is 1.69 bits per heavy atom. The fourth-order valence-electron chi connectivity index (χ4n) is 2.20. The molecule has 138 valence electrons. The van der Waals surface area contributed by atoms with Crippen LogP contribution in [0.15, 0.2) is 30.5 Å². The molecule has 0 spiro atoms. The van der Waals surface area contributed by atoms with Crippen molar-refractivity contribution in [3.8, 4) is 17.2 Å². The largest absolute Gasteiger partial charge is 0.493 e. The Morgan fingerprint density at radius 1 is 1.04 bits per heavy atom. The Kier molecular flexibility index (Phi) is 6.37. The highest BCUT2D eigenvalue weighted by Crippen LogP contribution is 2.38. The van der Waals surface area contributed by atoms with Crippen molar-refractivity contribution in [2.45, 2.75) is 6.92 Å². The number of amides is 2. The lowest BCUT2D eigenvalue weighted by atomic mass is 10.1. The van der Waals surface area contributed by atoms with Gasteiger partial charge in [0.2, 0.25) is 11.7 Å². The fraction of sp³-hybridized carbons (Fsp3) is 0.278. The number of aryl methyl sites for hydroxylation is 1. The summed E-state index contributed by atoms with van der Waals surface area (Å²) in [7, 11) is 4.39. The molecule has 8 heteroatoms. The molecule has 2 amide bonds. The summed E-state index contributed by atoms with van der Waals surface area (Å²) in [4.78, 5) is 28.3. The molecule has 1 aromatic carbocycles. The molecule has 0 saturated carbocycles. The number of nitrogens with one attached hydrogen (secondary N) is 2. The number of carbonyl (C=O) groups is 2. The van der Waals surface area contributed by atoms with E-state index in [1.165, 1.54) is 33.5 Å². The van der Waals surface area contributed by atoms with Gasteiger partial charge in [-0.05, 0) is 30.7 Å². The van der Waals surface area contributed by atoms with Crippen LogP contribution in [0.5, 0.6) is 17.2 Å². The Hall–Kier alpha value is -3.29. The number of benzene rings is 1. The number of carbonyl (C=O) groups excluding carboxylic acids is 2. The SMILES string of the molecule is COc1cc(C(=O)NCC(=O)Nc2ccc(C)cn2)cc(OC)c1OC. The van der Waals surface area contributed by atoms with Crippen LogP contribution in [0.4, 0.5) is 5.82 Å². The minimum Gasteiger partial charge on any atom is -0.493 e. The van der Waals surface area contributed by atoms with E-state index >= 15 is 0 Å². The summed E-state index contributed by atoms with van der Waals surface area (Å²) in [6, 6.07) is 6.54. The quantitative estimate of drug-likeness (QED) is 0.782. The van der Waals surface area contributed by atoms with Crippen LogP contribution in [-0.2, 0) is 4.79 Å². The zero-order chi connectivity index (χ0) is 19.1. The molecule has 2 rings (SSSR count). The van der Waals surface area contributed by atoms with Gasteiger partial charge in [0, 0.05) is 11.8 Å². The summed E-state index contributed by atoms with van der Waals surface area (Å²) < 4.78 is 15.6. The number of aromatic nitrogens is 1. The molecule has 26 heavy (non-hydrogen) atoms. The van der Waals surface area contributed by atoms with E-state index in [4.69, 9.17) is 14.2 Å². The van der Waals surface area contributed by atoms with Gasteiger partial charge in [-0.1, -0.05) is 6.07 Å². The van der Waals surface area contributed by atoms with Gasteiger partial charge in [-0.15, -0.1) is 0 Å². The number of anilines is 1. The standard InChI is InChI=1S/C18H21N3O5/c1-11-5-6-15(19-9-11)21-16(22)10-20-18(23)12-7-13(24-2)17(26-4)14(8-12)25-3/h5-9H,10H2,1-4H3,(H,20,23)(H,19,21,22). The first-order chi connectivity index (χ1) is 12.5. The molecule has 2 N–H and O–H groups in total. The van der Waals surface area contributed by atoms with Gasteiger partial charge in [-0.25, -0.2) is 4.98 Å². The van der Waals surface area contributed by atoms with Crippen molar-refractivity contribution < 1.29 is 23.8 Å². The van der Waals surface area contributed by atoms with Gasteiger partial charge >= 0.3 is 0 Å². The summed E-state index contributed by atoms with van der Waals surface area (Å²) in [5.74, 6) is 0.673. The molecule has 0 aliphatic rings. The number of hydrogen-bond acceptors (Lipinski definition) is 6. The maximum Gasteiger partial charge on any atom is 0.251 e. The maximum absolute atomic E-state index is 12.3. The Labute approximate surface area is 151 Å². The second-order valence-electron chi connectivity index (χ2n) is 5.37. The maximum atomic E-state index is 12.3. The van der Waals surface area contributed by atoms with Gasteiger partial charge < -0.3 is 24.8 Å². The lowest BCUT2D eigenvalue weighted by molar-refractivity contribution is -0.115. The van der Waals surface area contributed by atoms with Crippen molar-refractivity contribution in [3.05, 3.63) is 41.6 Å². The zero-order valence-corrected chi connectivity index (χ0v) is 15.1. The molecular weight excluding hydrogens is 338 g/mol. The second-order valence-corrected chi connectivity index (χ2v) is 5.37. The molecule has 0 radical (unpaired) electrons. The van der Waals surface area contributed by atoms with Crippen molar-refractivity contribution in [1.82, 2.24) is 10.3 Å². The average molecular weight is 359 g/mol. The van der Waals surface area contributed by atoms with E-state index < -0.39 is 5.91 Å². The Bertz CT molecular complexity index is 765. The van der Waals surface area contributed by atoms with Crippen LogP contribution in [0.25, 0.3) is 0 Å². The van der Waals surface area contributed by atoms with E-state index in [0.717, 1.165) is 5.56 Å². The smallest absolute Gasteiger partial charge is 0.251 e. The second kappa shape index (κ2) is 8.70. The monoisotopic (exact) mass is 359 g/mol. The molecule has 0 aliphatic heterocycles. The highest BCUT2D eigenvalue weighted by Gasteiger charge is 2.17. The van der Waals surface area contributed by atoms with E-state index in [0.29, 0.717) is 23.1 Å². The summed E-state index contributed by atoms with van der Waals surface area (Å²) in [6.45, 7) is 1.70. The summed E-state index contributed by atoms with van der Waals surface area (Å²) >= 11 is 0. The van der Waals surface area contributed by atoms with Crippen LogP contribution in [0.2, 0.25) is 0 Å². The molecule has 0 aliphatic carbocycles. The Morgan fingerprint density at radius 3 is 2.19 bits per heavy atom. The van der Waals surface area contributed by atoms with Crippen LogP contribution in [0.3, 0.4) is 0 Å². The minimum absolute atomic E-state index is 0.203. The third kappa shape index (κ3) is 4.62. The van der Waals surface area contributed by atoms with E-state index in [9.17, 15) is 9.59 Å². The number of hydrogen-bond donors (Lipinski definition) is 2. The predicted octanol–water partition coefficient (Wildman–Crippen LogP) is 1.78. The van der Waals surface area contributed by atoms with E-state index in [1.54, 1.807) is 12.3 Å². The Balaban J connectivity index is 2.03. The van der Waals surface area contributed by atoms with Crippen LogP contribution in [0.1, 0.15) is 15.9 Å². The van der Waals surface area contributed by atoms with E-state index in [2.05, 4.69) is 15.6 Å². The number of rotatable bonds is 7. The molecule has 0 atom stereocenters. The number of pyridine rings is 1. The van der Waals surface area contributed by atoms with Crippen molar-refractivity contribution in [2.24, 2.45) is 0 Å². The van der Waals surface area contributed by atoms with Crippen LogP contribution < -0.4 is 24.8 Å². The predicted molar refractivity (Wildman–Crippen MR) is 96.0 cm³/mol. The summed E-state index contributed by atoms with van der Waals surface area (Å²) in [5, 5.41) is 5.14. The van der Waals surface area contributed by atoms with Gasteiger partial charge in [0.25, 0.3) is 5.91 Å². The van der Waals surface area contributed by atoms with Crippen molar-refractivity contribution in [1.29, 1.82) is 0 Å². The van der Waals surface area contributed by atoms with E-state index in [1.807, 2.05) is 13.0 Å². The highest BCUT2D eigenvalue weighted by molar-refractivity contribution is 5.99. The first kappa shape index (κ1) is 19.0. The van der Waals surface area contributed by atoms with Crippen molar-refractivity contribution in [3.63, 3.8) is 0 Å². The molecule has 0 unspecified atom stereocenters. The first-order valence-corrected chi connectivity index (χ1v) is 7.79. The molecule has 0 saturated heterocycles. The van der Waals surface area contributed by atoms with Crippen LogP contribution >= 0.6 is 0 Å². The van der Waals surface area contributed by atoms with Gasteiger partial charge in [0.05, 0.1) is 27.9 Å². The fourth-order valence-corrected chi connectivity index (χ4v) is 2.20. The van der Waals surface area contributed by atoms with Crippen molar-refractivity contribution in [2.75, 3.05) is 33.2 Å². The molecule has 0 bridgehead atoms. The first-order valence-electron chi connectivity index (χ1n) is 7.79. The van der Waals surface area contributed by atoms with Crippen molar-refractivity contribution >= 4 is 17.6 Å². The van der Waals surface area contributed by atoms with Crippen LogP contribution in [-0.4, -0.2) is 44.7 Å². The third-order valence-corrected chi connectivity index (χ3v) is 3.52. The van der Waals surface area contributed by atoms with Gasteiger partial charge in [0.15, 0.2) is 11.5 Å². The summed E-state index contributed by atoms with van der Waals surface area (Å²) in [5.41, 5.74) is 1.26. The number of methoxy groups -OCH3 is 3. The molecule has 8 nitrogen and oxygen atoms in total. The van der Waals surface area contributed by atoms with Gasteiger partial charge in [-0.3, -0.25) is 9.59 Å². The average Bonchev–Trinajstić information content (AvgIpc) is 2.66.